The highest BCUT2D eigenvalue weighted by atomic mass is 16.5. The fraction of sp³-hybridized carbons (Fsp3) is 0.0625. The number of methoxy groups -OCH3 is 1. The summed E-state index contributed by atoms with van der Waals surface area (Å²) in [6.07, 6.45) is 0. The highest BCUT2D eigenvalue weighted by Gasteiger charge is 2.15. The van der Waals surface area contributed by atoms with Crippen molar-refractivity contribution in [2.24, 2.45) is 0 Å². The molecule has 3 nitrogen and oxygen atoms in total. The summed E-state index contributed by atoms with van der Waals surface area (Å²) >= 11 is 0. The molecule has 0 fully saturated rings. The van der Waals surface area contributed by atoms with Crippen LogP contribution in [0.1, 0.15) is 0 Å². The predicted molar refractivity (Wildman–Crippen MR) is 74.5 cm³/mol. The van der Waals surface area contributed by atoms with Gasteiger partial charge in [-0.2, -0.15) is 0 Å². The van der Waals surface area contributed by atoms with Crippen molar-refractivity contribution in [3.63, 3.8) is 0 Å². The third-order valence-electron chi connectivity index (χ3n) is 3.00. The van der Waals surface area contributed by atoms with Crippen molar-refractivity contribution in [1.82, 2.24) is 0 Å². The maximum Gasteiger partial charge on any atom is 0.235 e. The van der Waals surface area contributed by atoms with Crippen LogP contribution in [0.25, 0.3) is 22.3 Å². The SMILES string of the molecule is COc1c(-c2ccccc2)oc2ccccc2c1=O. The summed E-state index contributed by atoms with van der Waals surface area (Å²) in [5, 5.41) is 0.527. The smallest absolute Gasteiger partial charge is 0.235 e. The Balaban J connectivity index is 2.39. The van der Waals surface area contributed by atoms with Crippen LogP contribution in [0.4, 0.5) is 0 Å². The maximum atomic E-state index is 12.4. The zero-order valence-electron chi connectivity index (χ0n) is 10.4. The highest BCUT2D eigenvalue weighted by Crippen LogP contribution is 2.30. The molecule has 3 aromatic rings. The van der Waals surface area contributed by atoms with Gasteiger partial charge in [0.15, 0.2) is 5.76 Å². The van der Waals surface area contributed by atoms with E-state index in [1.807, 2.05) is 36.4 Å². The topological polar surface area (TPSA) is 39.4 Å². The number of para-hydroxylation sites is 1. The second-order valence-corrected chi connectivity index (χ2v) is 4.16. The molecule has 0 atom stereocenters. The molecule has 3 heteroatoms. The van der Waals surface area contributed by atoms with Gasteiger partial charge in [-0.15, -0.1) is 0 Å². The zero-order chi connectivity index (χ0) is 13.2. The van der Waals surface area contributed by atoms with Crippen molar-refractivity contribution in [2.75, 3.05) is 7.11 Å². The van der Waals surface area contributed by atoms with Crippen LogP contribution in [-0.4, -0.2) is 7.11 Å². The van der Waals surface area contributed by atoms with Crippen LogP contribution in [0, 0.1) is 0 Å². The van der Waals surface area contributed by atoms with Gasteiger partial charge in [0.2, 0.25) is 11.2 Å². The van der Waals surface area contributed by atoms with E-state index in [-0.39, 0.29) is 11.2 Å². The third kappa shape index (κ3) is 1.89. The van der Waals surface area contributed by atoms with Gasteiger partial charge in [-0.1, -0.05) is 42.5 Å². The van der Waals surface area contributed by atoms with Crippen LogP contribution in [0.15, 0.2) is 63.8 Å². The van der Waals surface area contributed by atoms with Crippen molar-refractivity contribution in [1.29, 1.82) is 0 Å². The highest BCUT2D eigenvalue weighted by molar-refractivity contribution is 5.81. The second-order valence-electron chi connectivity index (χ2n) is 4.16. The number of hydrogen-bond donors (Lipinski definition) is 0. The molecule has 0 bridgehead atoms. The van der Waals surface area contributed by atoms with E-state index in [1.165, 1.54) is 7.11 Å². The van der Waals surface area contributed by atoms with Gasteiger partial charge in [-0.05, 0) is 12.1 Å². The van der Waals surface area contributed by atoms with E-state index in [2.05, 4.69) is 0 Å². The third-order valence-corrected chi connectivity index (χ3v) is 3.00. The maximum absolute atomic E-state index is 12.4. The summed E-state index contributed by atoms with van der Waals surface area (Å²) in [5.41, 5.74) is 1.23. The molecule has 3 rings (SSSR count). The van der Waals surface area contributed by atoms with Gasteiger partial charge in [0, 0.05) is 5.56 Å². The minimum Gasteiger partial charge on any atom is -0.490 e. The summed E-state index contributed by atoms with van der Waals surface area (Å²) in [5.74, 6) is 0.705. The number of rotatable bonds is 2. The van der Waals surface area contributed by atoms with E-state index in [0.29, 0.717) is 16.7 Å². The van der Waals surface area contributed by atoms with E-state index in [4.69, 9.17) is 9.15 Å². The van der Waals surface area contributed by atoms with E-state index in [9.17, 15) is 4.79 Å². The molecule has 0 N–H and O–H groups in total. The fourth-order valence-electron chi connectivity index (χ4n) is 2.09. The van der Waals surface area contributed by atoms with Gasteiger partial charge in [-0.25, -0.2) is 0 Å². The van der Waals surface area contributed by atoms with E-state index < -0.39 is 0 Å². The standard InChI is InChI=1S/C16H12O3/c1-18-16-14(17)12-9-5-6-10-13(12)19-15(16)11-7-3-2-4-8-11/h2-10H,1H3. The average molecular weight is 252 g/mol. The first-order chi connectivity index (χ1) is 9.31. The normalized spacial score (nSPS) is 10.6. The first-order valence-corrected chi connectivity index (χ1v) is 5.96. The Kier molecular flexibility index (Phi) is 2.80. The second kappa shape index (κ2) is 4.61. The van der Waals surface area contributed by atoms with Gasteiger partial charge in [0.25, 0.3) is 0 Å². The molecular formula is C16H12O3. The van der Waals surface area contributed by atoms with Crippen molar-refractivity contribution >= 4 is 11.0 Å². The summed E-state index contributed by atoms with van der Waals surface area (Å²) in [7, 11) is 1.48. The van der Waals surface area contributed by atoms with Gasteiger partial charge >= 0.3 is 0 Å². The summed E-state index contributed by atoms with van der Waals surface area (Å²) in [6.45, 7) is 0. The number of hydrogen-bond acceptors (Lipinski definition) is 3. The van der Waals surface area contributed by atoms with Crippen LogP contribution in [0.3, 0.4) is 0 Å². The average Bonchev–Trinajstić information content (AvgIpc) is 2.48. The Hall–Kier alpha value is -2.55. The fourth-order valence-corrected chi connectivity index (χ4v) is 2.09. The summed E-state index contributed by atoms with van der Waals surface area (Å²) in [6, 6.07) is 16.6. The molecule has 0 aliphatic rings. The lowest BCUT2D eigenvalue weighted by molar-refractivity contribution is 0.399. The molecule has 0 amide bonds. The molecule has 2 aromatic carbocycles. The monoisotopic (exact) mass is 252 g/mol. The van der Waals surface area contributed by atoms with Crippen LogP contribution < -0.4 is 10.2 Å². The largest absolute Gasteiger partial charge is 0.490 e. The van der Waals surface area contributed by atoms with Crippen molar-refractivity contribution in [2.45, 2.75) is 0 Å². The van der Waals surface area contributed by atoms with Gasteiger partial charge in [0.05, 0.1) is 12.5 Å². The van der Waals surface area contributed by atoms with E-state index >= 15 is 0 Å². The Morgan fingerprint density at radius 3 is 2.37 bits per heavy atom. The van der Waals surface area contributed by atoms with Gasteiger partial charge in [0.1, 0.15) is 5.58 Å². The molecule has 0 saturated heterocycles. The minimum atomic E-state index is -0.150. The van der Waals surface area contributed by atoms with Crippen LogP contribution >= 0.6 is 0 Å². The Labute approximate surface area is 110 Å². The molecule has 0 unspecified atom stereocenters. The molecule has 0 aliphatic carbocycles. The molecule has 0 saturated carbocycles. The van der Waals surface area contributed by atoms with Gasteiger partial charge in [-0.3, -0.25) is 4.79 Å². The van der Waals surface area contributed by atoms with E-state index in [0.717, 1.165) is 5.56 Å². The molecule has 1 heterocycles. The van der Waals surface area contributed by atoms with Crippen molar-refractivity contribution in [3.8, 4) is 17.1 Å². The molecule has 94 valence electrons. The van der Waals surface area contributed by atoms with E-state index in [1.54, 1.807) is 18.2 Å². The van der Waals surface area contributed by atoms with Crippen molar-refractivity contribution < 1.29 is 9.15 Å². The Morgan fingerprint density at radius 1 is 0.947 bits per heavy atom. The van der Waals surface area contributed by atoms with Crippen LogP contribution in [-0.2, 0) is 0 Å². The molecule has 0 spiro atoms. The summed E-state index contributed by atoms with van der Waals surface area (Å²) < 4.78 is 11.1. The zero-order valence-corrected chi connectivity index (χ0v) is 10.4. The van der Waals surface area contributed by atoms with Crippen LogP contribution in [0.2, 0.25) is 0 Å². The quantitative estimate of drug-likeness (QED) is 0.701. The Bertz CT molecular complexity index is 773. The number of benzene rings is 2. The minimum absolute atomic E-state index is 0.150. The predicted octanol–water partition coefficient (Wildman–Crippen LogP) is 3.47. The van der Waals surface area contributed by atoms with Crippen LogP contribution in [0.5, 0.6) is 5.75 Å². The number of ether oxygens (including phenoxy) is 1. The lowest BCUT2D eigenvalue weighted by atomic mass is 10.1. The van der Waals surface area contributed by atoms with Gasteiger partial charge < -0.3 is 9.15 Å². The Morgan fingerprint density at radius 2 is 1.63 bits per heavy atom. The first kappa shape index (κ1) is 11.5. The molecule has 19 heavy (non-hydrogen) atoms. The molecule has 0 aliphatic heterocycles. The summed E-state index contributed by atoms with van der Waals surface area (Å²) in [4.78, 5) is 12.4. The molecule has 1 aromatic heterocycles. The lowest BCUT2D eigenvalue weighted by Crippen LogP contribution is -2.07. The molecule has 0 radical (unpaired) electrons. The lowest BCUT2D eigenvalue weighted by Gasteiger charge is -2.08. The number of fused-ring (bicyclic) bond motifs is 1. The first-order valence-electron chi connectivity index (χ1n) is 5.96. The molecular weight excluding hydrogens is 240 g/mol. The van der Waals surface area contributed by atoms with Crippen molar-refractivity contribution in [3.05, 3.63) is 64.8 Å².